The predicted molar refractivity (Wildman–Crippen MR) is 156 cm³/mol. The van der Waals surface area contributed by atoms with E-state index in [0.29, 0.717) is 39.0 Å². The summed E-state index contributed by atoms with van der Waals surface area (Å²) in [7, 11) is 3.78. The number of hydrogen-bond donors (Lipinski definition) is 3. The fourth-order valence-electron chi connectivity index (χ4n) is 5.07. The van der Waals surface area contributed by atoms with Crippen molar-refractivity contribution in [2.24, 2.45) is 7.05 Å². The molecule has 0 aliphatic carbocycles. The minimum Gasteiger partial charge on any atom is -0.481 e. The molecule has 0 spiro atoms. The molecule has 1 amide bonds. The maximum absolute atomic E-state index is 13.4. The first kappa shape index (κ1) is 28.1. The molecule has 3 N–H and O–H groups in total. The van der Waals surface area contributed by atoms with Gasteiger partial charge in [-0.05, 0) is 42.1 Å². The maximum atomic E-state index is 13.4. The molecule has 2 atom stereocenters. The van der Waals surface area contributed by atoms with E-state index in [2.05, 4.69) is 10.6 Å². The number of carboxylic acids is 1. The van der Waals surface area contributed by atoms with Crippen LogP contribution in [0.1, 0.15) is 29.0 Å². The van der Waals surface area contributed by atoms with Crippen molar-refractivity contribution in [1.29, 1.82) is 0 Å². The van der Waals surface area contributed by atoms with Gasteiger partial charge in [0, 0.05) is 50.8 Å². The number of aliphatic carboxylic acids is 1. The molecule has 7 nitrogen and oxygen atoms in total. The van der Waals surface area contributed by atoms with Crippen LogP contribution < -0.4 is 10.6 Å². The number of aryl methyl sites for hydroxylation is 1. The lowest BCUT2D eigenvalue weighted by Crippen LogP contribution is -2.47. The molecular formula is C32H38N4O3. The van der Waals surface area contributed by atoms with Gasteiger partial charge in [0.05, 0.1) is 12.0 Å². The number of hydrogen-bond acceptors (Lipinski definition) is 4. The van der Waals surface area contributed by atoms with E-state index in [4.69, 9.17) is 0 Å². The Kier molecular flexibility index (Phi) is 9.89. The van der Waals surface area contributed by atoms with E-state index >= 15 is 0 Å². The van der Waals surface area contributed by atoms with Crippen LogP contribution in [0, 0.1) is 0 Å². The number of carbonyl (C=O) groups excluding carboxylic acids is 1. The van der Waals surface area contributed by atoms with E-state index in [1.54, 1.807) is 4.90 Å². The molecule has 0 fully saturated rings. The number of amides is 1. The summed E-state index contributed by atoms with van der Waals surface area (Å²) in [6.07, 6.45) is 3.01. The summed E-state index contributed by atoms with van der Waals surface area (Å²) in [4.78, 5) is 27.3. The van der Waals surface area contributed by atoms with Crippen LogP contribution in [0.2, 0.25) is 0 Å². The summed E-state index contributed by atoms with van der Waals surface area (Å²) in [5.74, 6) is -1.36. The minimum absolute atomic E-state index is 0.0459. The van der Waals surface area contributed by atoms with E-state index in [1.807, 2.05) is 110 Å². The highest BCUT2D eigenvalue weighted by molar-refractivity contribution is 5.89. The van der Waals surface area contributed by atoms with Crippen molar-refractivity contribution in [3.8, 4) is 0 Å². The van der Waals surface area contributed by atoms with Gasteiger partial charge >= 0.3 is 5.97 Å². The van der Waals surface area contributed by atoms with Gasteiger partial charge < -0.3 is 25.2 Å². The molecular weight excluding hydrogens is 488 g/mol. The van der Waals surface area contributed by atoms with Crippen LogP contribution in [0.25, 0.3) is 10.9 Å². The molecule has 7 heteroatoms. The van der Waals surface area contributed by atoms with E-state index < -0.39 is 11.9 Å². The number of carbonyl (C=O) groups is 2. The Balaban J connectivity index is 1.31. The Labute approximate surface area is 230 Å². The maximum Gasteiger partial charge on any atom is 0.311 e. The van der Waals surface area contributed by atoms with Crippen LogP contribution >= 0.6 is 0 Å². The van der Waals surface area contributed by atoms with Crippen LogP contribution in [-0.4, -0.2) is 59.2 Å². The predicted octanol–water partition coefficient (Wildman–Crippen LogP) is 4.19. The first-order chi connectivity index (χ1) is 18.9. The fourth-order valence-corrected chi connectivity index (χ4v) is 5.07. The molecule has 0 bridgehead atoms. The highest BCUT2D eigenvalue weighted by atomic mass is 16.4. The zero-order valence-electron chi connectivity index (χ0n) is 22.7. The van der Waals surface area contributed by atoms with Crippen molar-refractivity contribution in [2.75, 3.05) is 26.7 Å². The van der Waals surface area contributed by atoms with Crippen molar-refractivity contribution in [3.63, 3.8) is 0 Å². The largest absolute Gasteiger partial charge is 0.481 e. The number of benzene rings is 3. The monoisotopic (exact) mass is 526 g/mol. The highest BCUT2D eigenvalue weighted by Gasteiger charge is 2.24. The lowest BCUT2D eigenvalue weighted by atomic mass is 9.95. The third kappa shape index (κ3) is 7.56. The lowest BCUT2D eigenvalue weighted by Gasteiger charge is -2.25. The number of carboxylic acid groups (broad SMARTS) is 1. The summed E-state index contributed by atoms with van der Waals surface area (Å²) in [5, 5.41) is 17.7. The first-order valence-corrected chi connectivity index (χ1v) is 13.5. The molecule has 0 aliphatic heterocycles. The summed E-state index contributed by atoms with van der Waals surface area (Å²) < 4.78 is 1.98. The number of aromatic nitrogens is 1. The van der Waals surface area contributed by atoms with Gasteiger partial charge in [0.15, 0.2) is 0 Å². The summed E-state index contributed by atoms with van der Waals surface area (Å²) in [6, 6.07) is 27.5. The van der Waals surface area contributed by atoms with Crippen LogP contribution in [0.15, 0.2) is 91.1 Å². The molecule has 4 aromatic rings. The number of nitrogens with zero attached hydrogens (tertiary/aromatic N) is 2. The summed E-state index contributed by atoms with van der Waals surface area (Å²) >= 11 is 0. The molecule has 1 heterocycles. The molecule has 0 aliphatic rings. The van der Waals surface area contributed by atoms with Gasteiger partial charge in [-0.15, -0.1) is 0 Å². The molecule has 0 unspecified atom stereocenters. The van der Waals surface area contributed by atoms with Gasteiger partial charge in [0.25, 0.3) is 0 Å². The molecule has 0 saturated carbocycles. The SMILES string of the molecule is CN(Cc1ccccc1)C(=O)[C@H](Cc1ccccc1)NCCNCC[C@H](C(=O)O)c1cn(C)c2ccccc12. The summed E-state index contributed by atoms with van der Waals surface area (Å²) in [6.45, 7) is 2.33. The van der Waals surface area contributed by atoms with Crippen LogP contribution in [0.5, 0.6) is 0 Å². The van der Waals surface area contributed by atoms with Gasteiger partial charge in [0.1, 0.15) is 0 Å². The molecule has 4 rings (SSSR count). The van der Waals surface area contributed by atoms with Crippen molar-refractivity contribution < 1.29 is 14.7 Å². The average Bonchev–Trinajstić information content (AvgIpc) is 3.28. The molecule has 0 saturated heterocycles. The number of rotatable bonds is 14. The number of fused-ring (bicyclic) bond motifs is 1. The van der Waals surface area contributed by atoms with E-state index in [9.17, 15) is 14.7 Å². The Morgan fingerprint density at radius 3 is 2.21 bits per heavy atom. The van der Waals surface area contributed by atoms with E-state index in [-0.39, 0.29) is 11.9 Å². The standard InChI is InChI=1S/C32H38N4O3/c1-35-23-28(26-15-9-10-16-30(26)35)27(32(38)39)17-18-33-19-20-34-29(21-24-11-5-3-6-12-24)31(37)36(2)22-25-13-7-4-8-14-25/h3-16,23,27,29,33-34H,17-22H2,1-2H3,(H,38,39)/t27-,29-/m0/s1. The van der Waals surface area contributed by atoms with E-state index in [1.165, 1.54) is 0 Å². The van der Waals surface area contributed by atoms with Gasteiger partial charge in [-0.2, -0.15) is 0 Å². The lowest BCUT2D eigenvalue weighted by molar-refractivity contribution is -0.139. The number of likely N-dealkylation sites (N-methyl/N-ethyl adjacent to an activating group) is 1. The third-order valence-electron chi connectivity index (χ3n) is 7.12. The van der Waals surface area contributed by atoms with Crippen LogP contribution in [0.3, 0.4) is 0 Å². The Morgan fingerprint density at radius 2 is 1.51 bits per heavy atom. The van der Waals surface area contributed by atoms with Gasteiger partial charge in [0.2, 0.25) is 5.91 Å². The van der Waals surface area contributed by atoms with Crippen molar-refractivity contribution in [2.45, 2.75) is 31.3 Å². The number of nitrogens with one attached hydrogen (secondary N) is 2. The van der Waals surface area contributed by atoms with Crippen LogP contribution in [-0.2, 0) is 29.6 Å². The van der Waals surface area contributed by atoms with Gasteiger partial charge in [-0.1, -0.05) is 78.9 Å². The molecule has 204 valence electrons. The van der Waals surface area contributed by atoms with Gasteiger partial charge in [-0.3, -0.25) is 9.59 Å². The number of para-hydroxylation sites is 1. The van der Waals surface area contributed by atoms with Crippen molar-refractivity contribution >= 4 is 22.8 Å². The fraction of sp³-hybridized carbons (Fsp3) is 0.312. The Hall–Kier alpha value is -3.94. The molecule has 0 radical (unpaired) electrons. The molecule has 3 aromatic carbocycles. The zero-order valence-corrected chi connectivity index (χ0v) is 22.7. The second-order valence-corrected chi connectivity index (χ2v) is 10.0. The first-order valence-electron chi connectivity index (χ1n) is 13.5. The molecule has 39 heavy (non-hydrogen) atoms. The molecule has 1 aromatic heterocycles. The second kappa shape index (κ2) is 13.7. The second-order valence-electron chi connectivity index (χ2n) is 10.0. The zero-order chi connectivity index (χ0) is 27.6. The third-order valence-corrected chi connectivity index (χ3v) is 7.12. The summed E-state index contributed by atoms with van der Waals surface area (Å²) in [5.41, 5.74) is 4.06. The Bertz CT molecular complexity index is 1350. The Morgan fingerprint density at radius 1 is 0.872 bits per heavy atom. The smallest absolute Gasteiger partial charge is 0.311 e. The van der Waals surface area contributed by atoms with Crippen LogP contribution in [0.4, 0.5) is 0 Å². The van der Waals surface area contributed by atoms with Crippen molar-refractivity contribution in [3.05, 3.63) is 108 Å². The minimum atomic E-state index is -0.818. The van der Waals surface area contributed by atoms with Gasteiger partial charge in [-0.25, -0.2) is 0 Å². The van der Waals surface area contributed by atoms with Crippen molar-refractivity contribution in [1.82, 2.24) is 20.1 Å². The quantitative estimate of drug-likeness (QED) is 0.215. The highest BCUT2D eigenvalue weighted by Crippen LogP contribution is 2.29. The normalized spacial score (nSPS) is 12.8. The average molecular weight is 527 g/mol. The van der Waals surface area contributed by atoms with E-state index in [0.717, 1.165) is 27.6 Å². The topological polar surface area (TPSA) is 86.6 Å².